The SMILES string of the molecule is CC(C)c1nc(CN2C[C@H]3CNC[C@H]3C2)cs1.Cl.Cl. The highest BCUT2D eigenvalue weighted by atomic mass is 35.5. The largest absolute Gasteiger partial charge is 0.316 e. The van der Waals surface area contributed by atoms with Gasteiger partial charge in [-0.1, -0.05) is 13.8 Å². The molecule has 0 aromatic carbocycles. The van der Waals surface area contributed by atoms with Crippen LogP contribution >= 0.6 is 36.2 Å². The molecule has 0 aliphatic carbocycles. The van der Waals surface area contributed by atoms with E-state index in [0.717, 1.165) is 18.4 Å². The van der Waals surface area contributed by atoms with Gasteiger partial charge in [-0.15, -0.1) is 36.2 Å². The van der Waals surface area contributed by atoms with Gasteiger partial charge in [-0.2, -0.15) is 0 Å². The molecular weight excluding hydrogens is 301 g/mol. The maximum Gasteiger partial charge on any atom is 0.0954 e. The van der Waals surface area contributed by atoms with Crippen LogP contribution in [0.4, 0.5) is 0 Å². The third kappa shape index (κ3) is 3.82. The van der Waals surface area contributed by atoms with Gasteiger partial charge in [0, 0.05) is 30.9 Å². The molecule has 6 heteroatoms. The molecule has 2 atom stereocenters. The van der Waals surface area contributed by atoms with Crippen molar-refractivity contribution in [1.29, 1.82) is 0 Å². The molecule has 2 aliphatic rings. The molecule has 3 rings (SSSR count). The molecule has 0 saturated carbocycles. The Morgan fingerprint density at radius 1 is 1.32 bits per heavy atom. The Bertz CT molecular complexity index is 385. The molecule has 1 N–H and O–H groups in total. The van der Waals surface area contributed by atoms with E-state index in [1.165, 1.54) is 36.9 Å². The van der Waals surface area contributed by atoms with E-state index in [4.69, 9.17) is 4.98 Å². The maximum atomic E-state index is 4.73. The summed E-state index contributed by atoms with van der Waals surface area (Å²) in [6.07, 6.45) is 0. The molecule has 0 spiro atoms. The highest BCUT2D eigenvalue weighted by Gasteiger charge is 2.35. The number of likely N-dealkylation sites (tertiary alicyclic amines) is 1. The van der Waals surface area contributed by atoms with E-state index in [9.17, 15) is 0 Å². The average molecular weight is 324 g/mol. The van der Waals surface area contributed by atoms with E-state index in [1.807, 2.05) is 11.3 Å². The predicted molar refractivity (Wildman–Crippen MR) is 85.8 cm³/mol. The first-order valence-corrected chi connectivity index (χ1v) is 7.47. The number of hydrogen-bond donors (Lipinski definition) is 1. The summed E-state index contributed by atoms with van der Waals surface area (Å²) < 4.78 is 0. The Morgan fingerprint density at radius 3 is 2.47 bits per heavy atom. The molecule has 0 radical (unpaired) electrons. The molecule has 2 aliphatic heterocycles. The first-order chi connectivity index (χ1) is 8.22. The minimum absolute atomic E-state index is 0. The summed E-state index contributed by atoms with van der Waals surface area (Å²) in [5.74, 6) is 2.34. The van der Waals surface area contributed by atoms with Crippen molar-refractivity contribution < 1.29 is 0 Å². The van der Waals surface area contributed by atoms with Crippen LogP contribution in [0.3, 0.4) is 0 Å². The zero-order valence-electron chi connectivity index (χ0n) is 11.5. The zero-order valence-corrected chi connectivity index (χ0v) is 13.9. The minimum atomic E-state index is 0. The van der Waals surface area contributed by atoms with Crippen molar-refractivity contribution in [3.8, 4) is 0 Å². The molecule has 19 heavy (non-hydrogen) atoms. The van der Waals surface area contributed by atoms with E-state index < -0.39 is 0 Å². The van der Waals surface area contributed by atoms with Gasteiger partial charge >= 0.3 is 0 Å². The number of halogens is 2. The number of nitrogens with one attached hydrogen (secondary N) is 1. The third-order valence-corrected chi connectivity index (χ3v) is 5.11. The first kappa shape index (κ1) is 17.2. The second kappa shape index (κ2) is 7.23. The Kier molecular flexibility index (Phi) is 6.54. The van der Waals surface area contributed by atoms with Crippen LogP contribution in [-0.2, 0) is 6.54 Å². The summed E-state index contributed by atoms with van der Waals surface area (Å²) in [5, 5.41) is 7.00. The van der Waals surface area contributed by atoms with Gasteiger partial charge in [0.2, 0.25) is 0 Å². The standard InChI is InChI=1S/C13H21N3S.2ClH/c1-9(2)13-15-12(8-17-13)7-16-5-10-3-14-4-11(10)6-16;;/h8-11,14H,3-7H2,1-2H3;2*1H/t10-,11+;;. The normalized spacial score (nSPS) is 26.1. The van der Waals surface area contributed by atoms with Crippen LogP contribution in [0, 0.1) is 11.8 Å². The zero-order chi connectivity index (χ0) is 11.8. The molecule has 2 saturated heterocycles. The van der Waals surface area contributed by atoms with Gasteiger partial charge in [0.1, 0.15) is 0 Å². The van der Waals surface area contributed by atoms with Gasteiger partial charge in [-0.05, 0) is 24.9 Å². The lowest BCUT2D eigenvalue weighted by atomic mass is 10.0. The van der Waals surface area contributed by atoms with E-state index in [0.29, 0.717) is 5.92 Å². The fraction of sp³-hybridized carbons (Fsp3) is 0.769. The summed E-state index contributed by atoms with van der Waals surface area (Å²) in [5.41, 5.74) is 1.27. The van der Waals surface area contributed by atoms with Gasteiger partial charge in [-0.25, -0.2) is 4.98 Å². The Labute approximate surface area is 132 Å². The Hall–Kier alpha value is 0.130. The molecule has 110 valence electrons. The van der Waals surface area contributed by atoms with Gasteiger partial charge in [0.25, 0.3) is 0 Å². The minimum Gasteiger partial charge on any atom is -0.316 e. The van der Waals surface area contributed by atoms with Crippen LogP contribution in [0.2, 0.25) is 0 Å². The quantitative estimate of drug-likeness (QED) is 0.927. The molecule has 1 aromatic heterocycles. The van der Waals surface area contributed by atoms with E-state index >= 15 is 0 Å². The lowest BCUT2D eigenvalue weighted by molar-refractivity contribution is 0.302. The number of fused-ring (bicyclic) bond motifs is 1. The molecule has 0 amide bonds. The van der Waals surface area contributed by atoms with Crippen molar-refractivity contribution in [3.63, 3.8) is 0 Å². The van der Waals surface area contributed by atoms with Crippen molar-refractivity contribution in [2.24, 2.45) is 11.8 Å². The summed E-state index contributed by atoms with van der Waals surface area (Å²) >= 11 is 1.81. The number of hydrogen-bond acceptors (Lipinski definition) is 4. The van der Waals surface area contributed by atoms with Crippen LogP contribution in [0.5, 0.6) is 0 Å². The van der Waals surface area contributed by atoms with E-state index in [-0.39, 0.29) is 24.8 Å². The van der Waals surface area contributed by atoms with Crippen LogP contribution < -0.4 is 5.32 Å². The average Bonchev–Trinajstić information content (AvgIpc) is 2.91. The highest BCUT2D eigenvalue weighted by molar-refractivity contribution is 7.09. The van der Waals surface area contributed by atoms with Crippen LogP contribution in [0.1, 0.15) is 30.5 Å². The van der Waals surface area contributed by atoms with E-state index in [2.05, 4.69) is 29.4 Å². The fourth-order valence-corrected chi connectivity index (χ4v) is 3.80. The van der Waals surface area contributed by atoms with Crippen molar-refractivity contribution in [2.75, 3.05) is 26.2 Å². The molecule has 2 fully saturated rings. The van der Waals surface area contributed by atoms with Crippen molar-refractivity contribution in [1.82, 2.24) is 15.2 Å². The highest BCUT2D eigenvalue weighted by Crippen LogP contribution is 2.28. The second-order valence-electron chi connectivity index (χ2n) is 5.70. The second-order valence-corrected chi connectivity index (χ2v) is 6.59. The van der Waals surface area contributed by atoms with Crippen LogP contribution in [-0.4, -0.2) is 36.1 Å². The lowest BCUT2D eigenvalue weighted by Crippen LogP contribution is -2.25. The van der Waals surface area contributed by atoms with Gasteiger partial charge in [-0.3, -0.25) is 4.90 Å². The van der Waals surface area contributed by atoms with E-state index in [1.54, 1.807) is 0 Å². The smallest absolute Gasteiger partial charge is 0.0954 e. The monoisotopic (exact) mass is 323 g/mol. The summed E-state index contributed by atoms with van der Waals surface area (Å²) in [6, 6.07) is 0. The maximum absolute atomic E-state index is 4.73. The molecule has 3 nitrogen and oxygen atoms in total. The van der Waals surface area contributed by atoms with Gasteiger partial charge < -0.3 is 5.32 Å². The molecule has 0 bridgehead atoms. The fourth-order valence-electron chi connectivity index (χ4n) is 2.97. The van der Waals surface area contributed by atoms with Crippen molar-refractivity contribution >= 4 is 36.2 Å². The van der Waals surface area contributed by atoms with Crippen LogP contribution in [0.15, 0.2) is 5.38 Å². The number of thiazole rings is 1. The Balaban J connectivity index is 0.000000902. The first-order valence-electron chi connectivity index (χ1n) is 6.59. The number of nitrogens with zero attached hydrogens (tertiary/aromatic N) is 2. The summed E-state index contributed by atoms with van der Waals surface area (Å²) in [4.78, 5) is 7.31. The lowest BCUT2D eigenvalue weighted by Gasteiger charge is -2.15. The van der Waals surface area contributed by atoms with Crippen molar-refractivity contribution in [3.05, 3.63) is 16.1 Å². The summed E-state index contributed by atoms with van der Waals surface area (Å²) in [6.45, 7) is 10.4. The van der Waals surface area contributed by atoms with Gasteiger partial charge in [0.05, 0.1) is 10.7 Å². The number of aromatic nitrogens is 1. The van der Waals surface area contributed by atoms with Crippen LogP contribution in [0.25, 0.3) is 0 Å². The molecule has 0 unspecified atom stereocenters. The molecule has 3 heterocycles. The topological polar surface area (TPSA) is 28.2 Å². The molecular formula is C13H23Cl2N3S. The Morgan fingerprint density at radius 2 is 1.95 bits per heavy atom. The summed E-state index contributed by atoms with van der Waals surface area (Å²) in [7, 11) is 0. The predicted octanol–water partition coefficient (Wildman–Crippen LogP) is 2.76. The third-order valence-electron chi connectivity index (χ3n) is 3.91. The van der Waals surface area contributed by atoms with Gasteiger partial charge in [0.15, 0.2) is 0 Å². The number of rotatable bonds is 3. The molecule has 1 aromatic rings. The van der Waals surface area contributed by atoms with Crippen molar-refractivity contribution in [2.45, 2.75) is 26.3 Å².